The van der Waals surface area contributed by atoms with Gasteiger partial charge in [-0.3, -0.25) is 14.4 Å². The second kappa shape index (κ2) is 13.2. The summed E-state index contributed by atoms with van der Waals surface area (Å²) in [6, 6.07) is 13.9. The van der Waals surface area contributed by atoms with Crippen molar-refractivity contribution in [1.29, 1.82) is 0 Å². The van der Waals surface area contributed by atoms with Crippen LogP contribution in [-0.4, -0.2) is 82.2 Å². The average molecular weight is 628 g/mol. The Morgan fingerprint density at radius 3 is 2.43 bits per heavy atom. The topological polar surface area (TPSA) is 90.4 Å². The number of fused-ring (bicyclic) bond motifs is 1. The molecule has 3 aliphatic heterocycles. The Labute approximate surface area is 273 Å². The second-order valence-electron chi connectivity index (χ2n) is 13.6. The van der Waals surface area contributed by atoms with Gasteiger partial charge in [0, 0.05) is 25.3 Å². The van der Waals surface area contributed by atoms with Gasteiger partial charge in [-0.15, -0.1) is 13.2 Å². The molecule has 1 N–H and O–H groups in total. The summed E-state index contributed by atoms with van der Waals surface area (Å²) in [5.41, 5.74) is 1.41. The van der Waals surface area contributed by atoms with Crippen LogP contribution in [0.3, 0.4) is 0 Å². The lowest BCUT2D eigenvalue weighted by molar-refractivity contribution is -0.153. The van der Waals surface area contributed by atoms with Crippen molar-refractivity contribution in [1.82, 2.24) is 9.80 Å². The first-order valence-electron chi connectivity index (χ1n) is 16.5. The molecule has 0 aliphatic carbocycles. The summed E-state index contributed by atoms with van der Waals surface area (Å²) in [4.78, 5) is 49.7. The summed E-state index contributed by atoms with van der Waals surface area (Å²) in [5, 5.41) is 10.9. The first kappa shape index (κ1) is 33.6. The van der Waals surface area contributed by atoms with Crippen molar-refractivity contribution < 1.29 is 24.2 Å². The van der Waals surface area contributed by atoms with Crippen molar-refractivity contribution in [3.63, 3.8) is 0 Å². The summed E-state index contributed by atoms with van der Waals surface area (Å²) < 4.78 is 7.03. The molecule has 3 unspecified atom stereocenters. The molecule has 8 heteroatoms. The van der Waals surface area contributed by atoms with Crippen molar-refractivity contribution in [2.24, 2.45) is 17.8 Å². The summed E-state index contributed by atoms with van der Waals surface area (Å²) in [7, 11) is 0. The number of ether oxygens (including phenoxy) is 1. The van der Waals surface area contributed by atoms with Crippen LogP contribution < -0.4 is 4.90 Å². The van der Waals surface area contributed by atoms with Crippen LogP contribution in [0.2, 0.25) is 0 Å². The average Bonchev–Trinajstić information content (AvgIpc) is 3.56. The van der Waals surface area contributed by atoms with Crippen molar-refractivity contribution in [3.8, 4) is 0 Å². The minimum atomic E-state index is -1.24. The number of nitrogens with zero attached hydrogens (tertiary/aromatic N) is 3. The number of carbonyl (C=O) groups excluding carboxylic acids is 3. The van der Waals surface area contributed by atoms with Crippen LogP contribution >= 0.6 is 0 Å². The van der Waals surface area contributed by atoms with E-state index < -0.39 is 35.1 Å². The third-order valence-corrected chi connectivity index (χ3v) is 10.6. The van der Waals surface area contributed by atoms with Crippen molar-refractivity contribution in [3.05, 3.63) is 90.5 Å². The number of amides is 3. The fourth-order valence-electron chi connectivity index (χ4n) is 8.37. The molecule has 0 saturated carbocycles. The summed E-state index contributed by atoms with van der Waals surface area (Å²) in [6.45, 7) is 18.5. The number of aliphatic hydroxyl groups excluding tert-OH is 1. The normalized spacial score (nSPS) is 28.6. The van der Waals surface area contributed by atoms with Gasteiger partial charge in [0.05, 0.1) is 30.1 Å². The van der Waals surface area contributed by atoms with Gasteiger partial charge in [0.1, 0.15) is 11.6 Å². The highest BCUT2D eigenvalue weighted by molar-refractivity contribution is 6.05. The number of rotatable bonds is 13. The molecule has 7 atom stereocenters. The summed E-state index contributed by atoms with van der Waals surface area (Å²) in [5.74, 6) is -2.49. The molecule has 0 aromatic heterocycles. The molecule has 3 aliphatic rings. The molecular weight excluding hydrogens is 578 g/mol. The third kappa shape index (κ3) is 5.39. The minimum Gasteiger partial charge on any atom is -0.394 e. The zero-order chi connectivity index (χ0) is 33.4. The monoisotopic (exact) mass is 627 g/mol. The van der Waals surface area contributed by atoms with E-state index in [2.05, 4.69) is 20.1 Å². The zero-order valence-electron chi connectivity index (χ0n) is 27.9. The Bertz CT molecular complexity index is 1490. The highest BCUT2D eigenvalue weighted by Gasteiger charge is 2.80. The minimum absolute atomic E-state index is 0.0942. The maximum Gasteiger partial charge on any atom is 0.253 e. The molecule has 3 amide bonds. The molecule has 2 bridgehead atoms. The number of aliphatic hydroxyl groups is 1. The Morgan fingerprint density at radius 2 is 1.80 bits per heavy atom. The van der Waals surface area contributed by atoms with Gasteiger partial charge in [0.15, 0.2) is 0 Å². The molecule has 246 valence electrons. The lowest BCUT2D eigenvalue weighted by Crippen LogP contribution is -2.59. The van der Waals surface area contributed by atoms with Gasteiger partial charge in [-0.2, -0.15) is 0 Å². The fraction of sp³-hybridized carbons (Fsp3) is 0.500. The molecule has 8 nitrogen and oxygen atoms in total. The number of carbonyl (C=O) groups is 3. The highest BCUT2D eigenvalue weighted by Crippen LogP contribution is 2.66. The van der Waals surface area contributed by atoms with Crippen LogP contribution in [0.25, 0.3) is 0 Å². The van der Waals surface area contributed by atoms with E-state index in [4.69, 9.17) is 4.74 Å². The van der Waals surface area contributed by atoms with Gasteiger partial charge in [-0.1, -0.05) is 68.5 Å². The second-order valence-corrected chi connectivity index (χ2v) is 13.6. The standard InChI is InChI=1S/C38H49N3O5/c1-8-18-39(19-9-2)34(43)31-32-35(44)41(29(24-42)22-28-14-12-11-13-15-28)33(38(32)23-27(6)37(31,7)46-38)36(45)40(20-10-3)30-21-25(4)16-17-26(30)5/h8,10-17,21,27,29,31-33,42H,1,3,9,18-20,22-24H2,2,4-7H3/t27?,29-,31-,32+,33?,37+,38?/m1/s1. The molecule has 0 radical (unpaired) electrons. The van der Waals surface area contributed by atoms with Crippen LogP contribution in [0.5, 0.6) is 0 Å². The van der Waals surface area contributed by atoms with E-state index in [-0.39, 0.29) is 36.8 Å². The largest absolute Gasteiger partial charge is 0.394 e. The van der Waals surface area contributed by atoms with Crippen LogP contribution in [0.1, 0.15) is 50.3 Å². The van der Waals surface area contributed by atoms with Crippen LogP contribution in [0, 0.1) is 31.6 Å². The quantitative estimate of drug-likeness (QED) is 0.321. The molecule has 2 aromatic carbocycles. The molecular formula is C38H49N3O5. The van der Waals surface area contributed by atoms with Gasteiger partial charge in [0.25, 0.3) is 5.91 Å². The molecule has 3 fully saturated rings. The predicted molar refractivity (Wildman–Crippen MR) is 180 cm³/mol. The van der Waals surface area contributed by atoms with Gasteiger partial charge in [-0.05, 0) is 68.7 Å². The molecule has 3 saturated heterocycles. The third-order valence-electron chi connectivity index (χ3n) is 10.6. The van der Waals surface area contributed by atoms with E-state index in [0.717, 1.165) is 28.8 Å². The Hall–Kier alpha value is -3.75. The Balaban J connectivity index is 1.68. The van der Waals surface area contributed by atoms with Crippen LogP contribution in [-0.2, 0) is 25.5 Å². The van der Waals surface area contributed by atoms with Gasteiger partial charge < -0.3 is 24.5 Å². The molecule has 1 spiro atoms. The van der Waals surface area contributed by atoms with Gasteiger partial charge in [0.2, 0.25) is 11.8 Å². The van der Waals surface area contributed by atoms with E-state index >= 15 is 4.79 Å². The highest BCUT2D eigenvalue weighted by atomic mass is 16.5. The summed E-state index contributed by atoms with van der Waals surface area (Å²) >= 11 is 0. The molecule has 5 rings (SSSR count). The number of aryl methyl sites for hydroxylation is 2. The molecule has 46 heavy (non-hydrogen) atoms. The van der Waals surface area contributed by atoms with Crippen LogP contribution in [0.4, 0.5) is 5.69 Å². The van der Waals surface area contributed by atoms with E-state index in [1.807, 2.05) is 76.2 Å². The predicted octanol–water partition coefficient (Wildman–Crippen LogP) is 4.86. The Morgan fingerprint density at radius 1 is 1.11 bits per heavy atom. The number of benzene rings is 2. The maximum absolute atomic E-state index is 15.2. The van der Waals surface area contributed by atoms with Crippen molar-refractivity contribution >= 4 is 23.4 Å². The van der Waals surface area contributed by atoms with Crippen molar-refractivity contribution in [2.75, 3.05) is 31.1 Å². The van der Waals surface area contributed by atoms with Crippen LogP contribution in [0.15, 0.2) is 73.8 Å². The first-order valence-corrected chi connectivity index (χ1v) is 16.5. The lowest BCUT2D eigenvalue weighted by atomic mass is 9.62. The van der Waals surface area contributed by atoms with E-state index in [1.165, 1.54) is 0 Å². The van der Waals surface area contributed by atoms with Crippen molar-refractivity contribution in [2.45, 2.75) is 77.2 Å². The molecule has 3 heterocycles. The van der Waals surface area contributed by atoms with Gasteiger partial charge in [-0.25, -0.2) is 0 Å². The Kier molecular flexibility index (Phi) is 9.62. The SMILES string of the molecule is C=CCN(CCC)C(=O)[C@H]1[C@H]2C(=O)N([C@@H](CO)Cc3ccccc3)C(C(=O)N(CC=C)c3cc(C)ccc3C)C23CC(C)[C@]1(C)O3. The lowest BCUT2D eigenvalue weighted by Gasteiger charge is -2.40. The number of hydrogen-bond donors (Lipinski definition) is 1. The van der Waals surface area contributed by atoms with E-state index in [0.29, 0.717) is 25.9 Å². The number of anilines is 1. The smallest absolute Gasteiger partial charge is 0.253 e. The maximum atomic E-state index is 15.2. The van der Waals surface area contributed by atoms with Gasteiger partial charge >= 0.3 is 0 Å². The fourth-order valence-corrected chi connectivity index (χ4v) is 8.37. The number of likely N-dealkylation sites (tertiary alicyclic amines) is 1. The first-order chi connectivity index (χ1) is 22.0. The summed E-state index contributed by atoms with van der Waals surface area (Å²) in [6.07, 6.45) is 4.95. The zero-order valence-corrected chi connectivity index (χ0v) is 27.9. The number of hydrogen-bond acceptors (Lipinski definition) is 5. The van der Waals surface area contributed by atoms with E-state index in [1.54, 1.807) is 26.9 Å². The molecule has 2 aromatic rings. The van der Waals surface area contributed by atoms with E-state index in [9.17, 15) is 14.7 Å².